The SMILES string of the molecule is O=C(Nc1ccccc1)c1coc(NC(=O)C2CC2)n1. The van der Waals surface area contributed by atoms with Gasteiger partial charge in [0.05, 0.1) is 0 Å². The van der Waals surface area contributed by atoms with Crippen molar-refractivity contribution < 1.29 is 14.0 Å². The summed E-state index contributed by atoms with van der Waals surface area (Å²) in [5, 5.41) is 5.23. The van der Waals surface area contributed by atoms with Gasteiger partial charge in [0.1, 0.15) is 6.26 Å². The van der Waals surface area contributed by atoms with E-state index in [2.05, 4.69) is 15.6 Å². The van der Waals surface area contributed by atoms with Gasteiger partial charge in [-0.05, 0) is 25.0 Å². The van der Waals surface area contributed by atoms with E-state index in [1.54, 1.807) is 12.1 Å². The molecule has 1 aromatic heterocycles. The Morgan fingerprint density at radius 1 is 1.15 bits per heavy atom. The molecule has 0 unspecified atom stereocenters. The van der Waals surface area contributed by atoms with Crippen LogP contribution in [0.4, 0.5) is 11.7 Å². The summed E-state index contributed by atoms with van der Waals surface area (Å²) in [6, 6.07) is 9.10. The number of amides is 2. The normalized spacial score (nSPS) is 13.8. The first-order valence-electron chi connectivity index (χ1n) is 6.35. The number of carbonyl (C=O) groups is 2. The maximum absolute atomic E-state index is 11.9. The molecule has 1 saturated carbocycles. The Bertz CT molecular complexity index is 632. The fraction of sp³-hybridized carbons (Fsp3) is 0.214. The van der Waals surface area contributed by atoms with E-state index in [1.807, 2.05) is 18.2 Å². The molecule has 6 nitrogen and oxygen atoms in total. The van der Waals surface area contributed by atoms with E-state index in [1.165, 1.54) is 6.26 Å². The highest BCUT2D eigenvalue weighted by atomic mass is 16.4. The second-order valence-corrected chi connectivity index (χ2v) is 4.62. The lowest BCUT2D eigenvalue weighted by molar-refractivity contribution is -0.117. The molecule has 1 aliphatic rings. The number of aromatic nitrogens is 1. The van der Waals surface area contributed by atoms with Gasteiger partial charge in [-0.2, -0.15) is 4.98 Å². The van der Waals surface area contributed by atoms with E-state index in [0.29, 0.717) is 5.69 Å². The van der Waals surface area contributed by atoms with E-state index in [0.717, 1.165) is 12.8 Å². The van der Waals surface area contributed by atoms with Crippen molar-refractivity contribution in [1.29, 1.82) is 0 Å². The molecule has 20 heavy (non-hydrogen) atoms. The summed E-state index contributed by atoms with van der Waals surface area (Å²) in [7, 11) is 0. The average Bonchev–Trinajstić information content (AvgIpc) is 3.20. The number of benzene rings is 1. The van der Waals surface area contributed by atoms with Crippen LogP contribution in [-0.2, 0) is 4.79 Å². The topological polar surface area (TPSA) is 84.2 Å². The Labute approximate surface area is 115 Å². The summed E-state index contributed by atoms with van der Waals surface area (Å²) >= 11 is 0. The molecule has 0 aliphatic heterocycles. The number of hydrogen-bond donors (Lipinski definition) is 2. The van der Waals surface area contributed by atoms with E-state index in [9.17, 15) is 9.59 Å². The number of nitrogens with zero attached hydrogens (tertiary/aromatic N) is 1. The van der Waals surface area contributed by atoms with Gasteiger partial charge in [-0.25, -0.2) is 0 Å². The first-order valence-corrected chi connectivity index (χ1v) is 6.35. The van der Waals surface area contributed by atoms with Crippen molar-refractivity contribution in [1.82, 2.24) is 4.98 Å². The van der Waals surface area contributed by atoms with Crippen molar-refractivity contribution in [3.8, 4) is 0 Å². The van der Waals surface area contributed by atoms with Crippen LogP contribution in [0.5, 0.6) is 0 Å². The lowest BCUT2D eigenvalue weighted by Gasteiger charge is -2.01. The van der Waals surface area contributed by atoms with Crippen LogP contribution in [-0.4, -0.2) is 16.8 Å². The monoisotopic (exact) mass is 271 g/mol. The van der Waals surface area contributed by atoms with E-state index < -0.39 is 0 Å². The van der Waals surface area contributed by atoms with Crippen molar-refractivity contribution in [2.45, 2.75) is 12.8 Å². The molecule has 102 valence electrons. The highest BCUT2D eigenvalue weighted by molar-refractivity contribution is 6.03. The molecule has 0 bridgehead atoms. The zero-order chi connectivity index (χ0) is 13.9. The van der Waals surface area contributed by atoms with Crippen molar-refractivity contribution in [2.24, 2.45) is 5.92 Å². The predicted octanol–water partition coefficient (Wildman–Crippen LogP) is 2.28. The number of para-hydroxylation sites is 1. The molecule has 0 saturated heterocycles. The number of anilines is 2. The molecule has 2 amide bonds. The standard InChI is InChI=1S/C14H13N3O3/c18-12(9-6-7-9)17-14-16-11(8-20-14)13(19)15-10-4-2-1-3-5-10/h1-5,8-9H,6-7H2,(H,15,19)(H,16,17,18). The zero-order valence-electron chi connectivity index (χ0n) is 10.6. The van der Waals surface area contributed by atoms with Crippen LogP contribution in [0.15, 0.2) is 41.0 Å². The fourth-order valence-electron chi connectivity index (χ4n) is 1.71. The van der Waals surface area contributed by atoms with Crippen LogP contribution in [0.2, 0.25) is 0 Å². The van der Waals surface area contributed by atoms with Gasteiger partial charge in [-0.1, -0.05) is 18.2 Å². The first-order chi connectivity index (χ1) is 9.72. The number of rotatable bonds is 4. The van der Waals surface area contributed by atoms with Crippen LogP contribution < -0.4 is 10.6 Å². The Morgan fingerprint density at radius 3 is 2.60 bits per heavy atom. The molecule has 1 heterocycles. The lowest BCUT2D eigenvalue weighted by atomic mass is 10.3. The summed E-state index contributed by atoms with van der Waals surface area (Å²) < 4.78 is 5.07. The van der Waals surface area contributed by atoms with Gasteiger partial charge in [-0.3, -0.25) is 14.9 Å². The second kappa shape index (κ2) is 5.16. The fourth-order valence-corrected chi connectivity index (χ4v) is 1.71. The molecule has 0 spiro atoms. The zero-order valence-corrected chi connectivity index (χ0v) is 10.6. The highest BCUT2D eigenvalue weighted by Gasteiger charge is 2.30. The first kappa shape index (κ1) is 12.4. The number of carbonyl (C=O) groups excluding carboxylic acids is 2. The maximum Gasteiger partial charge on any atom is 0.302 e. The second-order valence-electron chi connectivity index (χ2n) is 4.62. The van der Waals surface area contributed by atoms with Crippen LogP contribution in [0.25, 0.3) is 0 Å². The van der Waals surface area contributed by atoms with Crippen LogP contribution in [0, 0.1) is 5.92 Å². The minimum Gasteiger partial charge on any atom is -0.431 e. The van der Waals surface area contributed by atoms with Gasteiger partial charge in [-0.15, -0.1) is 0 Å². The van der Waals surface area contributed by atoms with Crippen molar-refractivity contribution in [2.75, 3.05) is 10.6 Å². The molecular weight excluding hydrogens is 258 g/mol. The Morgan fingerprint density at radius 2 is 1.90 bits per heavy atom. The highest BCUT2D eigenvalue weighted by Crippen LogP contribution is 2.30. The average molecular weight is 271 g/mol. The van der Waals surface area contributed by atoms with E-state index in [-0.39, 0.29) is 29.4 Å². The lowest BCUT2D eigenvalue weighted by Crippen LogP contribution is -2.15. The van der Waals surface area contributed by atoms with Crippen molar-refractivity contribution >= 4 is 23.5 Å². The predicted molar refractivity (Wildman–Crippen MR) is 72.3 cm³/mol. The summed E-state index contributed by atoms with van der Waals surface area (Å²) in [5.41, 5.74) is 0.795. The summed E-state index contributed by atoms with van der Waals surface area (Å²) in [5.74, 6) is -0.433. The minimum absolute atomic E-state index is 0.0557. The van der Waals surface area contributed by atoms with Gasteiger partial charge in [0, 0.05) is 11.6 Å². The van der Waals surface area contributed by atoms with Crippen molar-refractivity contribution in [3.05, 3.63) is 42.3 Å². The minimum atomic E-state index is -0.383. The summed E-state index contributed by atoms with van der Waals surface area (Å²) in [6.07, 6.45) is 3.02. The van der Waals surface area contributed by atoms with E-state index in [4.69, 9.17) is 4.42 Å². The third-order valence-corrected chi connectivity index (χ3v) is 2.95. The van der Waals surface area contributed by atoms with Gasteiger partial charge >= 0.3 is 6.01 Å². The quantitative estimate of drug-likeness (QED) is 0.893. The molecule has 2 aromatic rings. The molecule has 3 rings (SSSR count). The maximum atomic E-state index is 11.9. The van der Waals surface area contributed by atoms with Crippen LogP contribution >= 0.6 is 0 Å². The molecule has 0 atom stereocenters. The number of nitrogens with one attached hydrogen (secondary N) is 2. The van der Waals surface area contributed by atoms with Gasteiger partial charge < -0.3 is 9.73 Å². The molecule has 6 heteroatoms. The Balaban J connectivity index is 1.63. The Kier molecular flexibility index (Phi) is 3.20. The van der Waals surface area contributed by atoms with Crippen LogP contribution in [0.1, 0.15) is 23.3 Å². The number of hydrogen-bond acceptors (Lipinski definition) is 4. The third-order valence-electron chi connectivity index (χ3n) is 2.95. The van der Waals surface area contributed by atoms with Crippen LogP contribution in [0.3, 0.4) is 0 Å². The van der Waals surface area contributed by atoms with Gasteiger partial charge in [0.25, 0.3) is 5.91 Å². The largest absolute Gasteiger partial charge is 0.431 e. The molecule has 2 N–H and O–H groups in total. The van der Waals surface area contributed by atoms with E-state index >= 15 is 0 Å². The summed E-state index contributed by atoms with van der Waals surface area (Å²) in [4.78, 5) is 27.4. The molecule has 1 aliphatic carbocycles. The molecular formula is C14H13N3O3. The number of oxazole rings is 1. The third kappa shape index (κ3) is 2.85. The smallest absolute Gasteiger partial charge is 0.302 e. The molecule has 1 aromatic carbocycles. The molecule has 1 fully saturated rings. The summed E-state index contributed by atoms with van der Waals surface area (Å²) in [6.45, 7) is 0. The molecule has 0 radical (unpaired) electrons. The van der Waals surface area contributed by atoms with Gasteiger partial charge in [0.2, 0.25) is 5.91 Å². The van der Waals surface area contributed by atoms with Crippen molar-refractivity contribution in [3.63, 3.8) is 0 Å². The van der Waals surface area contributed by atoms with Gasteiger partial charge in [0.15, 0.2) is 5.69 Å². The Hall–Kier alpha value is -2.63.